The summed E-state index contributed by atoms with van der Waals surface area (Å²) in [5.74, 6) is 0.978. The summed E-state index contributed by atoms with van der Waals surface area (Å²) in [4.78, 5) is 17.3. The fraction of sp³-hybridized carbons (Fsp3) is 0.273. The Labute approximate surface area is 174 Å². The molecule has 0 radical (unpaired) electrons. The van der Waals surface area contributed by atoms with Gasteiger partial charge in [-0.25, -0.2) is 4.98 Å². The monoisotopic (exact) mass is 412 g/mol. The minimum atomic E-state index is -0.302. The van der Waals surface area contributed by atoms with E-state index < -0.39 is 0 Å². The van der Waals surface area contributed by atoms with Crippen molar-refractivity contribution in [2.24, 2.45) is 0 Å². The zero-order valence-corrected chi connectivity index (χ0v) is 17.8. The molecule has 0 saturated carbocycles. The second-order valence-corrected chi connectivity index (χ2v) is 7.21. The molecule has 0 atom stereocenters. The van der Waals surface area contributed by atoms with E-state index in [2.05, 4.69) is 41.5 Å². The van der Waals surface area contributed by atoms with Gasteiger partial charge in [0.15, 0.2) is 16.6 Å². The summed E-state index contributed by atoms with van der Waals surface area (Å²) < 4.78 is 15.9. The third-order valence-electron chi connectivity index (χ3n) is 4.44. The summed E-state index contributed by atoms with van der Waals surface area (Å²) in [7, 11) is 4.54. The number of aryl methyl sites for hydroxylation is 1. The van der Waals surface area contributed by atoms with Crippen LogP contribution in [-0.4, -0.2) is 32.2 Å². The SMILES string of the molecule is CCCc1ccc(-c2csc(NC(=O)c3cc(OC)c(OC)c(OC)c3)n2)cc1. The Bertz CT molecular complexity index is 958. The van der Waals surface area contributed by atoms with Crippen LogP contribution < -0.4 is 19.5 Å². The van der Waals surface area contributed by atoms with E-state index in [1.54, 1.807) is 12.1 Å². The zero-order valence-electron chi connectivity index (χ0n) is 16.9. The Balaban J connectivity index is 1.78. The number of thiazole rings is 1. The first-order valence-electron chi connectivity index (χ1n) is 9.25. The van der Waals surface area contributed by atoms with Crippen LogP contribution in [-0.2, 0) is 6.42 Å². The molecule has 0 unspecified atom stereocenters. The molecule has 7 heteroatoms. The summed E-state index contributed by atoms with van der Waals surface area (Å²) in [6.45, 7) is 2.16. The van der Waals surface area contributed by atoms with Crippen molar-refractivity contribution < 1.29 is 19.0 Å². The summed E-state index contributed by atoms with van der Waals surface area (Å²) in [6.07, 6.45) is 2.18. The lowest BCUT2D eigenvalue weighted by molar-refractivity contribution is 0.102. The number of hydrogen-bond acceptors (Lipinski definition) is 6. The maximum Gasteiger partial charge on any atom is 0.257 e. The molecule has 0 spiro atoms. The van der Waals surface area contributed by atoms with Gasteiger partial charge in [-0.2, -0.15) is 0 Å². The van der Waals surface area contributed by atoms with Gasteiger partial charge in [0, 0.05) is 16.5 Å². The van der Waals surface area contributed by atoms with Crippen molar-refractivity contribution in [3.05, 3.63) is 52.9 Å². The minimum Gasteiger partial charge on any atom is -0.493 e. The molecule has 1 amide bonds. The van der Waals surface area contributed by atoms with E-state index in [9.17, 15) is 4.79 Å². The Hall–Kier alpha value is -3.06. The first-order valence-corrected chi connectivity index (χ1v) is 10.1. The van der Waals surface area contributed by atoms with Gasteiger partial charge in [-0.05, 0) is 24.1 Å². The predicted molar refractivity (Wildman–Crippen MR) is 116 cm³/mol. The first-order chi connectivity index (χ1) is 14.1. The highest BCUT2D eigenvalue weighted by Crippen LogP contribution is 2.38. The second-order valence-electron chi connectivity index (χ2n) is 6.35. The molecule has 0 aliphatic rings. The van der Waals surface area contributed by atoms with E-state index in [4.69, 9.17) is 14.2 Å². The average molecular weight is 413 g/mol. The predicted octanol–water partition coefficient (Wildman–Crippen LogP) is 5.04. The number of amides is 1. The Morgan fingerprint density at radius 3 is 2.24 bits per heavy atom. The molecule has 1 aromatic heterocycles. The number of methoxy groups -OCH3 is 3. The van der Waals surface area contributed by atoms with Gasteiger partial charge in [0.05, 0.1) is 27.0 Å². The number of nitrogens with zero attached hydrogens (tertiary/aromatic N) is 1. The van der Waals surface area contributed by atoms with Crippen LogP contribution in [0, 0.1) is 0 Å². The van der Waals surface area contributed by atoms with E-state index in [1.165, 1.54) is 38.2 Å². The number of ether oxygens (including phenoxy) is 3. The van der Waals surface area contributed by atoms with Gasteiger partial charge in [-0.15, -0.1) is 11.3 Å². The van der Waals surface area contributed by atoms with E-state index in [0.717, 1.165) is 24.1 Å². The molecule has 3 aromatic rings. The highest BCUT2D eigenvalue weighted by atomic mass is 32.1. The van der Waals surface area contributed by atoms with Crippen molar-refractivity contribution in [1.29, 1.82) is 0 Å². The number of carbonyl (C=O) groups is 1. The van der Waals surface area contributed by atoms with Crippen LogP contribution in [0.5, 0.6) is 17.2 Å². The van der Waals surface area contributed by atoms with Crippen LogP contribution in [0.4, 0.5) is 5.13 Å². The van der Waals surface area contributed by atoms with Crippen LogP contribution in [0.15, 0.2) is 41.8 Å². The lowest BCUT2D eigenvalue weighted by atomic mass is 10.1. The molecule has 0 saturated heterocycles. The van der Waals surface area contributed by atoms with Gasteiger partial charge in [0.1, 0.15) is 0 Å². The van der Waals surface area contributed by atoms with Gasteiger partial charge < -0.3 is 14.2 Å². The molecule has 29 heavy (non-hydrogen) atoms. The molecule has 0 aliphatic carbocycles. The summed E-state index contributed by atoms with van der Waals surface area (Å²) in [6, 6.07) is 11.6. The molecule has 6 nitrogen and oxygen atoms in total. The smallest absolute Gasteiger partial charge is 0.257 e. The molecular weight excluding hydrogens is 388 g/mol. The summed E-state index contributed by atoms with van der Waals surface area (Å²) >= 11 is 1.38. The molecule has 2 aromatic carbocycles. The van der Waals surface area contributed by atoms with E-state index in [-0.39, 0.29) is 5.91 Å². The normalized spacial score (nSPS) is 10.5. The third-order valence-corrected chi connectivity index (χ3v) is 5.20. The second kappa shape index (κ2) is 9.43. The highest BCUT2D eigenvalue weighted by molar-refractivity contribution is 7.14. The van der Waals surface area contributed by atoms with Gasteiger partial charge in [-0.1, -0.05) is 37.6 Å². The van der Waals surface area contributed by atoms with Crippen molar-refractivity contribution in [1.82, 2.24) is 4.98 Å². The maximum absolute atomic E-state index is 12.7. The Kier molecular flexibility index (Phi) is 6.72. The van der Waals surface area contributed by atoms with Crippen LogP contribution in [0.1, 0.15) is 29.3 Å². The van der Waals surface area contributed by atoms with Crippen molar-refractivity contribution in [2.45, 2.75) is 19.8 Å². The lowest BCUT2D eigenvalue weighted by Crippen LogP contribution is -2.12. The number of hydrogen-bond donors (Lipinski definition) is 1. The Morgan fingerprint density at radius 2 is 1.69 bits per heavy atom. The van der Waals surface area contributed by atoms with Crippen LogP contribution in [0.25, 0.3) is 11.3 Å². The van der Waals surface area contributed by atoms with Crippen molar-refractivity contribution in [3.63, 3.8) is 0 Å². The quantitative estimate of drug-likeness (QED) is 0.561. The molecule has 0 bridgehead atoms. The van der Waals surface area contributed by atoms with Crippen molar-refractivity contribution in [2.75, 3.05) is 26.6 Å². The maximum atomic E-state index is 12.7. The lowest BCUT2D eigenvalue weighted by Gasteiger charge is -2.13. The molecule has 1 heterocycles. The largest absolute Gasteiger partial charge is 0.493 e. The number of aromatic nitrogens is 1. The molecule has 3 rings (SSSR count). The van der Waals surface area contributed by atoms with Crippen molar-refractivity contribution in [3.8, 4) is 28.5 Å². The van der Waals surface area contributed by atoms with Gasteiger partial charge in [0.2, 0.25) is 5.75 Å². The first kappa shape index (κ1) is 20.7. The summed E-state index contributed by atoms with van der Waals surface area (Å²) in [5.41, 5.74) is 3.55. The number of benzene rings is 2. The van der Waals surface area contributed by atoms with E-state index in [0.29, 0.717) is 27.9 Å². The van der Waals surface area contributed by atoms with Crippen LogP contribution in [0.3, 0.4) is 0 Å². The standard InChI is InChI=1S/C22H24N2O4S/c1-5-6-14-7-9-15(10-8-14)17-13-29-22(23-17)24-21(25)16-11-18(26-2)20(28-4)19(12-16)27-3/h7-13H,5-6H2,1-4H3,(H,23,24,25). The fourth-order valence-electron chi connectivity index (χ4n) is 2.98. The highest BCUT2D eigenvalue weighted by Gasteiger charge is 2.18. The van der Waals surface area contributed by atoms with Crippen molar-refractivity contribution >= 4 is 22.4 Å². The number of anilines is 1. The van der Waals surface area contributed by atoms with Crippen LogP contribution in [0.2, 0.25) is 0 Å². The minimum absolute atomic E-state index is 0.302. The number of rotatable bonds is 8. The van der Waals surface area contributed by atoms with Gasteiger partial charge in [0.25, 0.3) is 5.91 Å². The van der Waals surface area contributed by atoms with E-state index in [1.807, 2.05) is 5.38 Å². The molecule has 152 valence electrons. The molecule has 1 N–H and O–H groups in total. The molecular formula is C22H24N2O4S. The average Bonchev–Trinajstić information content (AvgIpc) is 3.21. The summed E-state index contributed by atoms with van der Waals surface area (Å²) in [5, 5.41) is 5.29. The molecule has 0 fully saturated rings. The van der Waals surface area contributed by atoms with Gasteiger partial charge in [-0.3, -0.25) is 10.1 Å². The topological polar surface area (TPSA) is 69.7 Å². The Morgan fingerprint density at radius 1 is 1.03 bits per heavy atom. The van der Waals surface area contributed by atoms with E-state index >= 15 is 0 Å². The molecule has 0 aliphatic heterocycles. The third kappa shape index (κ3) is 4.68. The number of nitrogens with one attached hydrogen (secondary N) is 1. The zero-order chi connectivity index (χ0) is 20.8. The van der Waals surface area contributed by atoms with Crippen LogP contribution >= 0.6 is 11.3 Å². The fourth-order valence-corrected chi connectivity index (χ4v) is 3.69. The number of carbonyl (C=O) groups excluding carboxylic acids is 1. The van der Waals surface area contributed by atoms with Gasteiger partial charge >= 0.3 is 0 Å².